The predicted octanol–water partition coefficient (Wildman–Crippen LogP) is 3.73. The van der Waals surface area contributed by atoms with Crippen LogP contribution in [0.2, 0.25) is 0 Å². The molecule has 1 fully saturated rings. The standard InChI is InChI=1S/C20H24N2O3S2/c1-14-3-6-18(13-15(14)2)22-27(24,25)19-7-4-16(5-8-19)20(23)21-17-9-11-26-12-10-17/h3-8,13,17,22H,9-12H2,1-2H3,(H,21,23). The van der Waals surface area contributed by atoms with Gasteiger partial charge in [-0.15, -0.1) is 0 Å². The zero-order valence-electron chi connectivity index (χ0n) is 15.5. The number of thioether (sulfide) groups is 1. The lowest BCUT2D eigenvalue weighted by atomic mass is 10.1. The van der Waals surface area contributed by atoms with Crippen molar-refractivity contribution >= 4 is 33.4 Å². The second-order valence-corrected chi connectivity index (χ2v) is 9.70. The Morgan fingerprint density at radius 2 is 1.67 bits per heavy atom. The van der Waals surface area contributed by atoms with Crippen LogP contribution in [0.5, 0.6) is 0 Å². The van der Waals surface area contributed by atoms with Gasteiger partial charge >= 0.3 is 0 Å². The minimum Gasteiger partial charge on any atom is -0.349 e. The third-order valence-corrected chi connectivity index (χ3v) is 7.19. The summed E-state index contributed by atoms with van der Waals surface area (Å²) < 4.78 is 27.8. The van der Waals surface area contributed by atoms with E-state index in [9.17, 15) is 13.2 Å². The van der Waals surface area contributed by atoms with Crippen LogP contribution in [0.15, 0.2) is 47.4 Å². The Balaban J connectivity index is 1.69. The number of carbonyl (C=O) groups is 1. The Morgan fingerprint density at radius 1 is 1.00 bits per heavy atom. The molecular weight excluding hydrogens is 380 g/mol. The van der Waals surface area contributed by atoms with Crippen LogP contribution in [0.4, 0.5) is 5.69 Å². The maximum Gasteiger partial charge on any atom is 0.261 e. The number of rotatable bonds is 5. The fraction of sp³-hybridized carbons (Fsp3) is 0.350. The van der Waals surface area contributed by atoms with Gasteiger partial charge in [0, 0.05) is 17.3 Å². The molecule has 0 atom stereocenters. The average molecular weight is 405 g/mol. The van der Waals surface area contributed by atoms with Gasteiger partial charge in [-0.3, -0.25) is 9.52 Å². The Kier molecular flexibility index (Phi) is 6.11. The van der Waals surface area contributed by atoms with E-state index in [4.69, 9.17) is 0 Å². The van der Waals surface area contributed by atoms with Gasteiger partial charge in [-0.25, -0.2) is 8.42 Å². The van der Waals surface area contributed by atoms with Crippen molar-refractivity contribution in [3.63, 3.8) is 0 Å². The Bertz CT molecular complexity index is 919. The maximum atomic E-state index is 12.6. The fourth-order valence-electron chi connectivity index (χ4n) is 2.92. The molecule has 1 amide bonds. The minimum absolute atomic E-state index is 0.131. The quantitative estimate of drug-likeness (QED) is 0.796. The Labute approximate surface area is 165 Å². The molecule has 27 heavy (non-hydrogen) atoms. The molecule has 1 saturated heterocycles. The highest BCUT2D eigenvalue weighted by Gasteiger charge is 2.18. The van der Waals surface area contributed by atoms with Gasteiger partial charge in [-0.1, -0.05) is 6.07 Å². The van der Waals surface area contributed by atoms with E-state index in [1.165, 1.54) is 12.1 Å². The second-order valence-electron chi connectivity index (χ2n) is 6.79. The van der Waals surface area contributed by atoms with E-state index in [2.05, 4.69) is 10.0 Å². The third kappa shape index (κ3) is 5.05. The van der Waals surface area contributed by atoms with E-state index in [-0.39, 0.29) is 16.8 Å². The molecule has 0 bridgehead atoms. The highest BCUT2D eigenvalue weighted by Crippen LogP contribution is 2.20. The van der Waals surface area contributed by atoms with Crippen molar-refractivity contribution in [2.45, 2.75) is 37.6 Å². The van der Waals surface area contributed by atoms with Crippen molar-refractivity contribution in [1.82, 2.24) is 5.32 Å². The van der Waals surface area contributed by atoms with Gasteiger partial charge in [0.25, 0.3) is 15.9 Å². The summed E-state index contributed by atoms with van der Waals surface area (Å²) in [5.74, 6) is 1.97. The zero-order chi connectivity index (χ0) is 19.4. The largest absolute Gasteiger partial charge is 0.349 e. The summed E-state index contributed by atoms with van der Waals surface area (Å²) in [7, 11) is -3.70. The normalized spacial score (nSPS) is 15.3. The number of aryl methyl sites for hydroxylation is 2. The molecule has 0 radical (unpaired) electrons. The average Bonchev–Trinajstić information content (AvgIpc) is 2.65. The minimum atomic E-state index is -3.70. The summed E-state index contributed by atoms with van der Waals surface area (Å²) in [5.41, 5.74) is 3.11. The van der Waals surface area contributed by atoms with Gasteiger partial charge in [-0.05, 0) is 85.7 Å². The van der Waals surface area contributed by atoms with Crippen LogP contribution >= 0.6 is 11.8 Å². The number of nitrogens with one attached hydrogen (secondary N) is 2. The Morgan fingerprint density at radius 3 is 2.30 bits per heavy atom. The summed E-state index contributed by atoms with van der Waals surface area (Å²) in [6.45, 7) is 3.91. The van der Waals surface area contributed by atoms with Gasteiger partial charge in [0.15, 0.2) is 0 Å². The van der Waals surface area contributed by atoms with Gasteiger partial charge < -0.3 is 5.32 Å². The van der Waals surface area contributed by atoms with Gasteiger partial charge in [-0.2, -0.15) is 11.8 Å². The first-order valence-corrected chi connectivity index (χ1v) is 11.6. The molecule has 1 heterocycles. The van der Waals surface area contributed by atoms with Crippen LogP contribution in [0.3, 0.4) is 0 Å². The number of amides is 1. The lowest BCUT2D eigenvalue weighted by Gasteiger charge is -2.22. The van der Waals surface area contributed by atoms with Gasteiger partial charge in [0.1, 0.15) is 0 Å². The molecule has 144 valence electrons. The smallest absolute Gasteiger partial charge is 0.261 e. The third-order valence-electron chi connectivity index (χ3n) is 4.74. The predicted molar refractivity (Wildman–Crippen MR) is 111 cm³/mol. The van der Waals surface area contributed by atoms with E-state index in [1.807, 2.05) is 31.7 Å². The van der Waals surface area contributed by atoms with E-state index in [0.29, 0.717) is 11.3 Å². The SMILES string of the molecule is Cc1ccc(NS(=O)(=O)c2ccc(C(=O)NC3CCSCC3)cc2)cc1C. The number of carbonyl (C=O) groups excluding carboxylic acids is 1. The van der Waals surface area contributed by atoms with Crippen molar-refractivity contribution in [2.75, 3.05) is 16.2 Å². The molecule has 0 saturated carbocycles. The van der Waals surface area contributed by atoms with Crippen LogP contribution < -0.4 is 10.0 Å². The number of sulfonamides is 1. The molecule has 5 nitrogen and oxygen atoms in total. The molecule has 3 rings (SSSR count). The van der Waals surface area contributed by atoms with E-state index < -0.39 is 10.0 Å². The number of anilines is 1. The van der Waals surface area contributed by atoms with Crippen LogP contribution in [-0.4, -0.2) is 31.9 Å². The van der Waals surface area contributed by atoms with Crippen molar-refractivity contribution in [3.05, 3.63) is 59.2 Å². The van der Waals surface area contributed by atoms with Crippen molar-refractivity contribution in [2.24, 2.45) is 0 Å². The Hall–Kier alpha value is -1.99. The highest BCUT2D eigenvalue weighted by molar-refractivity contribution is 7.99. The van der Waals surface area contributed by atoms with E-state index in [1.54, 1.807) is 24.3 Å². The van der Waals surface area contributed by atoms with E-state index in [0.717, 1.165) is 35.5 Å². The van der Waals surface area contributed by atoms with Gasteiger partial charge in [0.05, 0.1) is 4.90 Å². The molecular formula is C20H24N2O3S2. The molecule has 0 unspecified atom stereocenters. The van der Waals surface area contributed by atoms with Crippen LogP contribution in [0.1, 0.15) is 34.3 Å². The summed E-state index contributed by atoms with van der Waals surface area (Å²) in [6.07, 6.45) is 1.95. The molecule has 0 aliphatic carbocycles. The van der Waals surface area contributed by atoms with Crippen LogP contribution in [0.25, 0.3) is 0 Å². The first kappa shape index (κ1) is 19.8. The summed E-state index contributed by atoms with van der Waals surface area (Å²) in [5, 5.41) is 3.03. The van der Waals surface area contributed by atoms with Crippen molar-refractivity contribution in [1.29, 1.82) is 0 Å². The van der Waals surface area contributed by atoms with Crippen molar-refractivity contribution in [3.8, 4) is 0 Å². The summed E-state index contributed by atoms with van der Waals surface area (Å²) >= 11 is 1.90. The lowest BCUT2D eigenvalue weighted by Crippen LogP contribution is -2.37. The molecule has 1 aliphatic heterocycles. The molecule has 0 spiro atoms. The summed E-state index contributed by atoms with van der Waals surface area (Å²) in [6, 6.07) is 11.7. The van der Waals surface area contributed by atoms with E-state index >= 15 is 0 Å². The van der Waals surface area contributed by atoms with Crippen LogP contribution in [0, 0.1) is 13.8 Å². The van der Waals surface area contributed by atoms with Crippen LogP contribution in [-0.2, 0) is 10.0 Å². The number of hydrogen-bond donors (Lipinski definition) is 2. The number of hydrogen-bond acceptors (Lipinski definition) is 4. The topological polar surface area (TPSA) is 75.3 Å². The van der Waals surface area contributed by atoms with Crippen molar-refractivity contribution < 1.29 is 13.2 Å². The number of benzene rings is 2. The fourth-order valence-corrected chi connectivity index (χ4v) is 5.07. The molecule has 2 aromatic rings. The highest BCUT2D eigenvalue weighted by atomic mass is 32.2. The molecule has 2 N–H and O–H groups in total. The monoisotopic (exact) mass is 404 g/mol. The first-order chi connectivity index (χ1) is 12.8. The summed E-state index contributed by atoms with van der Waals surface area (Å²) in [4.78, 5) is 12.5. The second kappa shape index (κ2) is 8.35. The zero-order valence-corrected chi connectivity index (χ0v) is 17.1. The lowest BCUT2D eigenvalue weighted by molar-refractivity contribution is 0.0934. The van der Waals surface area contributed by atoms with Gasteiger partial charge in [0.2, 0.25) is 0 Å². The molecule has 7 heteroatoms. The maximum absolute atomic E-state index is 12.6. The molecule has 0 aromatic heterocycles. The molecule has 1 aliphatic rings. The molecule has 2 aromatic carbocycles. The first-order valence-electron chi connectivity index (χ1n) is 8.94.